The van der Waals surface area contributed by atoms with Crippen molar-refractivity contribution < 1.29 is 14.3 Å². The molecule has 1 aromatic carbocycles. The molecule has 0 saturated carbocycles. The minimum absolute atomic E-state index is 0.0720. The number of pyridine rings is 1. The molecule has 8 heteroatoms. The van der Waals surface area contributed by atoms with Crippen LogP contribution >= 0.6 is 11.8 Å². The monoisotopic (exact) mass is 450 g/mol. The second-order valence-corrected chi connectivity index (χ2v) is 8.32. The smallest absolute Gasteiger partial charge is 0.315 e. The molecule has 2 heterocycles. The number of nitrogens with one attached hydrogen (secondary N) is 1. The van der Waals surface area contributed by atoms with E-state index in [0.717, 1.165) is 17.3 Å². The van der Waals surface area contributed by atoms with Crippen LogP contribution in [0.3, 0.4) is 0 Å². The number of rotatable bonds is 8. The van der Waals surface area contributed by atoms with Gasteiger partial charge in [-0.2, -0.15) is 0 Å². The number of carbonyl (C=O) groups is 2. The van der Waals surface area contributed by atoms with E-state index in [2.05, 4.69) is 9.98 Å². The minimum atomic E-state index is -0.824. The van der Waals surface area contributed by atoms with Crippen molar-refractivity contribution in [2.45, 2.75) is 26.2 Å². The van der Waals surface area contributed by atoms with Gasteiger partial charge >= 0.3 is 5.97 Å². The lowest BCUT2D eigenvalue weighted by Crippen LogP contribution is -2.39. The van der Waals surface area contributed by atoms with Crippen molar-refractivity contribution >= 4 is 34.4 Å². The Morgan fingerprint density at radius 3 is 2.50 bits per heavy atom. The van der Waals surface area contributed by atoms with Crippen molar-refractivity contribution in [2.24, 2.45) is 16.6 Å². The molecule has 0 amide bonds. The molecule has 0 radical (unpaired) electrons. The third-order valence-electron chi connectivity index (χ3n) is 5.13. The number of carbonyl (C=O) groups excluding carboxylic acids is 2. The Balaban J connectivity index is 2.11. The number of aromatic nitrogens is 1. The van der Waals surface area contributed by atoms with Crippen LogP contribution in [0.5, 0.6) is 0 Å². The highest BCUT2D eigenvalue weighted by Gasteiger charge is 2.43. The Bertz CT molecular complexity index is 1050. The molecule has 0 fully saturated rings. The molecule has 0 aliphatic carbocycles. The molecule has 7 nitrogen and oxygen atoms in total. The van der Waals surface area contributed by atoms with Crippen molar-refractivity contribution in [2.75, 3.05) is 12.4 Å². The summed E-state index contributed by atoms with van der Waals surface area (Å²) in [5.74, 6) is -1.79. The van der Waals surface area contributed by atoms with Gasteiger partial charge in [0.25, 0.3) is 0 Å². The van der Waals surface area contributed by atoms with E-state index in [1.54, 1.807) is 32.2 Å². The third kappa shape index (κ3) is 5.50. The van der Waals surface area contributed by atoms with E-state index in [0.29, 0.717) is 22.7 Å². The summed E-state index contributed by atoms with van der Waals surface area (Å²) in [6, 6.07) is 14.9. The molecular weight excluding hydrogens is 424 g/mol. The molecule has 1 aliphatic rings. The molecular formula is C24H26N4O3S. The highest BCUT2D eigenvalue weighted by molar-refractivity contribution is 8.14. The number of hydrogen-bond donors (Lipinski definition) is 2. The van der Waals surface area contributed by atoms with Gasteiger partial charge in [0, 0.05) is 41.0 Å². The summed E-state index contributed by atoms with van der Waals surface area (Å²) < 4.78 is 5.38. The number of nitrogens with two attached hydrogens (primary N) is 1. The molecule has 1 aliphatic heterocycles. The van der Waals surface area contributed by atoms with Crippen LogP contribution in [0.2, 0.25) is 0 Å². The topological polar surface area (TPSA) is 118 Å². The maximum Gasteiger partial charge on any atom is 0.315 e. The highest BCUT2D eigenvalue weighted by atomic mass is 32.2. The van der Waals surface area contributed by atoms with Gasteiger partial charge < -0.3 is 10.5 Å². The zero-order chi connectivity index (χ0) is 23.1. The number of amidine groups is 1. The van der Waals surface area contributed by atoms with Crippen LogP contribution in [0.4, 0.5) is 0 Å². The van der Waals surface area contributed by atoms with E-state index >= 15 is 0 Å². The van der Waals surface area contributed by atoms with Gasteiger partial charge in [-0.05, 0) is 31.5 Å². The molecule has 3 rings (SSSR count). The standard InChI is InChI=1S/C24H26N4O3S/c1-3-31-23(30)22-18(14-32-24(25)26)28-15(2)20(21(22)17-11-7-8-12-27-17)19(29)13-16-9-5-4-6-10-16/h4-12,21-22H,3,13-14H2,1-2H3,(H3,25,26). The van der Waals surface area contributed by atoms with Crippen molar-refractivity contribution in [3.8, 4) is 0 Å². The number of Topliss-reactive ketones (excluding diaryl/α,β-unsaturated/α-hetero) is 1. The number of nitrogens with zero attached hydrogens (tertiary/aromatic N) is 2. The second-order valence-electron chi connectivity index (χ2n) is 7.30. The molecule has 0 saturated heterocycles. The fourth-order valence-electron chi connectivity index (χ4n) is 3.84. The molecule has 32 heavy (non-hydrogen) atoms. The third-order valence-corrected chi connectivity index (χ3v) is 5.89. The van der Waals surface area contributed by atoms with Crippen LogP contribution in [0.25, 0.3) is 0 Å². The lowest BCUT2D eigenvalue weighted by Gasteiger charge is -2.32. The van der Waals surface area contributed by atoms with Crippen LogP contribution in [-0.2, 0) is 20.7 Å². The Kier molecular flexibility index (Phi) is 7.94. The molecule has 2 unspecified atom stereocenters. The van der Waals surface area contributed by atoms with E-state index in [9.17, 15) is 9.59 Å². The summed E-state index contributed by atoms with van der Waals surface area (Å²) in [6.07, 6.45) is 1.83. The largest absolute Gasteiger partial charge is 0.465 e. The van der Waals surface area contributed by atoms with Crippen LogP contribution < -0.4 is 5.73 Å². The fourth-order valence-corrected chi connectivity index (χ4v) is 4.38. The fraction of sp³-hybridized carbons (Fsp3) is 0.292. The summed E-state index contributed by atoms with van der Waals surface area (Å²) in [7, 11) is 0. The zero-order valence-corrected chi connectivity index (χ0v) is 18.9. The van der Waals surface area contributed by atoms with E-state index in [1.807, 2.05) is 36.4 Å². The first kappa shape index (κ1) is 23.4. The van der Waals surface area contributed by atoms with Crippen molar-refractivity contribution in [1.82, 2.24) is 4.98 Å². The molecule has 2 aromatic rings. The first-order valence-electron chi connectivity index (χ1n) is 10.3. The average Bonchev–Trinajstić information content (AvgIpc) is 2.78. The Morgan fingerprint density at radius 1 is 1.16 bits per heavy atom. The van der Waals surface area contributed by atoms with Crippen molar-refractivity contribution in [1.29, 1.82) is 5.41 Å². The molecule has 166 valence electrons. The first-order valence-corrected chi connectivity index (χ1v) is 11.3. The van der Waals surface area contributed by atoms with E-state index in [1.165, 1.54) is 0 Å². The maximum atomic E-state index is 13.5. The number of aliphatic imine (C=N–C) groups is 1. The SMILES string of the molecule is CCOC(=O)C1C(CSC(=N)N)=NC(C)=C(C(=O)Cc2ccccc2)C1c1ccccn1. The summed E-state index contributed by atoms with van der Waals surface area (Å²) in [5.41, 5.74) is 8.53. The Hall–Kier alpha value is -3.26. The quantitative estimate of drug-likeness (QED) is 0.361. The van der Waals surface area contributed by atoms with E-state index in [4.69, 9.17) is 15.9 Å². The van der Waals surface area contributed by atoms with Crippen LogP contribution in [-0.4, -0.2) is 40.0 Å². The summed E-state index contributed by atoms with van der Waals surface area (Å²) in [6.45, 7) is 3.71. The first-order chi connectivity index (χ1) is 15.4. The van der Waals surface area contributed by atoms with Crippen LogP contribution in [0.15, 0.2) is 71.0 Å². The summed E-state index contributed by atoms with van der Waals surface area (Å²) >= 11 is 1.08. The van der Waals surface area contributed by atoms with Gasteiger partial charge in [0.2, 0.25) is 0 Å². The molecule has 0 bridgehead atoms. The molecule has 2 atom stereocenters. The van der Waals surface area contributed by atoms with Gasteiger partial charge in [0.15, 0.2) is 11.0 Å². The van der Waals surface area contributed by atoms with Gasteiger partial charge in [0.05, 0.1) is 12.5 Å². The van der Waals surface area contributed by atoms with Crippen LogP contribution in [0.1, 0.15) is 31.0 Å². The van der Waals surface area contributed by atoms with Gasteiger partial charge in [-0.1, -0.05) is 48.2 Å². The number of ketones is 1. The highest BCUT2D eigenvalue weighted by Crippen LogP contribution is 2.40. The van der Waals surface area contributed by atoms with Crippen molar-refractivity contribution in [3.63, 3.8) is 0 Å². The van der Waals surface area contributed by atoms with E-state index < -0.39 is 17.8 Å². The number of esters is 1. The van der Waals surface area contributed by atoms with Gasteiger partial charge in [0.1, 0.15) is 5.92 Å². The normalized spacial score (nSPS) is 18.1. The lowest BCUT2D eigenvalue weighted by molar-refractivity contribution is -0.146. The van der Waals surface area contributed by atoms with Gasteiger partial charge in [-0.25, -0.2) is 0 Å². The van der Waals surface area contributed by atoms with Gasteiger partial charge in [-0.3, -0.25) is 25.0 Å². The maximum absolute atomic E-state index is 13.5. The number of ether oxygens (including phenoxy) is 1. The minimum Gasteiger partial charge on any atom is -0.465 e. The lowest BCUT2D eigenvalue weighted by atomic mass is 9.75. The van der Waals surface area contributed by atoms with E-state index in [-0.39, 0.29) is 29.7 Å². The molecule has 0 spiro atoms. The Labute approximate surface area is 191 Å². The second kappa shape index (κ2) is 10.9. The predicted molar refractivity (Wildman–Crippen MR) is 127 cm³/mol. The van der Waals surface area contributed by atoms with Gasteiger partial charge in [-0.15, -0.1) is 0 Å². The molecule has 3 N–H and O–H groups in total. The number of allylic oxidation sites excluding steroid dienone is 2. The zero-order valence-electron chi connectivity index (χ0n) is 18.1. The van der Waals surface area contributed by atoms with Crippen molar-refractivity contribution in [3.05, 3.63) is 77.3 Å². The number of thioether (sulfide) groups is 1. The molecule has 1 aromatic heterocycles. The van der Waals surface area contributed by atoms with Crippen LogP contribution in [0, 0.1) is 11.3 Å². The number of hydrogen-bond acceptors (Lipinski definition) is 7. The number of benzene rings is 1. The predicted octanol–water partition coefficient (Wildman–Crippen LogP) is 3.51. The summed E-state index contributed by atoms with van der Waals surface area (Å²) in [5, 5.41) is 7.48. The summed E-state index contributed by atoms with van der Waals surface area (Å²) in [4.78, 5) is 35.7. The Morgan fingerprint density at radius 2 is 1.88 bits per heavy atom. The average molecular weight is 451 g/mol.